The third-order valence-electron chi connectivity index (χ3n) is 1.17. The van der Waals surface area contributed by atoms with E-state index in [9.17, 15) is 0 Å². The van der Waals surface area contributed by atoms with Gasteiger partial charge in [0, 0.05) is 18.3 Å². The Labute approximate surface area is 78.6 Å². The second kappa shape index (κ2) is 6.46. The normalized spacial score (nSPS) is 8.18. The Bertz CT molecular complexity index is 188. The van der Waals surface area contributed by atoms with Crippen molar-refractivity contribution in [3.63, 3.8) is 0 Å². The number of imidazole rings is 1. The number of H-pyrrole nitrogens is 1. The van der Waals surface area contributed by atoms with Crippen LogP contribution >= 0.6 is 24.8 Å². The van der Waals surface area contributed by atoms with Gasteiger partial charge in [-0.3, -0.25) is 0 Å². The molecule has 11 heavy (non-hydrogen) atoms. The number of hydrogen-bond acceptors (Lipinski definition) is 2. The van der Waals surface area contributed by atoms with Crippen LogP contribution in [0.25, 0.3) is 0 Å². The predicted octanol–water partition coefficient (Wildman–Crippen LogP) is 1.06. The summed E-state index contributed by atoms with van der Waals surface area (Å²) in [7, 11) is 0. The van der Waals surface area contributed by atoms with Crippen LogP contribution in [-0.4, -0.2) is 16.5 Å². The molecule has 0 aliphatic carbocycles. The Hall–Kier alpha value is -0.250. The lowest BCUT2D eigenvalue weighted by molar-refractivity contribution is 0.929. The molecule has 3 N–H and O–H groups in total. The van der Waals surface area contributed by atoms with Crippen LogP contribution in [0.1, 0.15) is 11.5 Å². The van der Waals surface area contributed by atoms with Crippen molar-refractivity contribution in [3.05, 3.63) is 17.7 Å². The molecule has 0 bridgehead atoms. The second-order valence-corrected chi connectivity index (χ2v) is 2.03. The van der Waals surface area contributed by atoms with Crippen molar-refractivity contribution in [1.82, 2.24) is 9.97 Å². The summed E-state index contributed by atoms with van der Waals surface area (Å²) in [6.07, 6.45) is 2.71. The van der Waals surface area contributed by atoms with Crippen molar-refractivity contribution in [2.24, 2.45) is 5.73 Å². The summed E-state index contributed by atoms with van der Waals surface area (Å²) >= 11 is 0. The lowest BCUT2D eigenvalue weighted by Crippen LogP contribution is -2.02. The number of aromatic amines is 1. The molecule has 0 fully saturated rings. The smallest absolute Gasteiger partial charge is 0.103 e. The third kappa shape index (κ3) is 4.24. The monoisotopic (exact) mass is 197 g/mol. The van der Waals surface area contributed by atoms with Gasteiger partial charge in [-0.25, -0.2) is 4.98 Å². The van der Waals surface area contributed by atoms with Crippen LogP contribution in [0.3, 0.4) is 0 Å². The van der Waals surface area contributed by atoms with Crippen LogP contribution in [0.2, 0.25) is 0 Å². The van der Waals surface area contributed by atoms with E-state index in [1.54, 1.807) is 0 Å². The first-order valence-corrected chi connectivity index (χ1v) is 3.03. The van der Waals surface area contributed by atoms with Crippen molar-refractivity contribution in [2.75, 3.05) is 6.54 Å². The van der Waals surface area contributed by atoms with Crippen LogP contribution in [0.15, 0.2) is 6.20 Å². The molecule has 1 aromatic heterocycles. The number of aryl methyl sites for hydroxylation is 1. The van der Waals surface area contributed by atoms with Crippen molar-refractivity contribution < 1.29 is 0 Å². The van der Waals surface area contributed by atoms with Gasteiger partial charge in [-0.15, -0.1) is 24.8 Å². The van der Waals surface area contributed by atoms with Gasteiger partial charge in [0.05, 0.1) is 0 Å². The molecule has 0 aliphatic heterocycles. The summed E-state index contributed by atoms with van der Waals surface area (Å²) in [5.74, 6) is 0.957. The van der Waals surface area contributed by atoms with Gasteiger partial charge in [-0.1, -0.05) is 0 Å². The van der Waals surface area contributed by atoms with Crippen LogP contribution in [0.5, 0.6) is 0 Å². The molecule has 66 valence electrons. The summed E-state index contributed by atoms with van der Waals surface area (Å²) < 4.78 is 0. The van der Waals surface area contributed by atoms with Gasteiger partial charge in [-0.2, -0.15) is 0 Å². The average Bonchev–Trinajstić information content (AvgIpc) is 2.17. The number of nitrogens with zero attached hydrogens (tertiary/aromatic N) is 1. The molecule has 0 aromatic carbocycles. The zero-order valence-corrected chi connectivity index (χ0v) is 7.97. The minimum atomic E-state index is 0. The Morgan fingerprint density at radius 1 is 1.55 bits per heavy atom. The van der Waals surface area contributed by atoms with E-state index < -0.39 is 0 Å². The first-order valence-electron chi connectivity index (χ1n) is 3.03. The molecule has 0 saturated heterocycles. The topological polar surface area (TPSA) is 54.7 Å². The highest BCUT2D eigenvalue weighted by Crippen LogP contribution is 1.94. The minimum Gasteiger partial charge on any atom is -0.346 e. The zero-order valence-electron chi connectivity index (χ0n) is 6.33. The van der Waals surface area contributed by atoms with E-state index in [0.717, 1.165) is 17.9 Å². The van der Waals surface area contributed by atoms with Crippen molar-refractivity contribution >= 4 is 24.8 Å². The standard InChI is InChI=1S/C6H11N3.2ClH/c1-5-8-4-6(9-5)2-3-7;;/h4H,2-3,7H2,1H3,(H,8,9);2*1H. The fraction of sp³-hybridized carbons (Fsp3) is 0.500. The van der Waals surface area contributed by atoms with E-state index in [2.05, 4.69) is 9.97 Å². The zero-order chi connectivity index (χ0) is 6.69. The van der Waals surface area contributed by atoms with Crippen LogP contribution in [-0.2, 0) is 6.42 Å². The van der Waals surface area contributed by atoms with E-state index in [1.807, 2.05) is 13.1 Å². The quantitative estimate of drug-likeness (QED) is 0.746. The van der Waals surface area contributed by atoms with Gasteiger partial charge in [0.15, 0.2) is 0 Å². The first kappa shape index (κ1) is 13.3. The maximum absolute atomic E-state index is 5.32. The number of aromatic nitrogens is 2. The summed E-state index contributed by atoms with van der Waals surface area (Å²) in [6, 6.07) is 0. The Balaban J connectivity index is 0. The molecule has 3 nitrogen and oxygen atoms in total. The van der Waals surface area contributed by atoms with E-state index >= 15 is 0 Å². The predicted molar refractivity (Wildman–Crippen MR) is 50.6 cm³/mol. The van der Waals surface area contributed by atoms with Crippen molar-refractivity contribution in [2.45, 2.75) is 13.3 Å². The molecule has 0 saturated carbocycles. The molecule has 0 spiro atoms. The van der Waals surface area contributed by atoms with Gasteiger partial charge in [-0.05, 0) is 13.5 Å². The van der Waals surface area contributed by atoms with Crippen LogP contribution < -0.4 is 5.73 Å². The van der Waals surface area contributed by atoms with E-state index in [4.69, 9.17) is 5.73 Å². The van der Waals surface area contributed by atoms with Crippen LogP contribution in [0.4, 0.5) is 0 Å². The molecule has 0 radical (unpaired) electrons. The highest BCUT2D eigenvalue weighted by Gasteiger charge is 1.92. The molecule has 0 amide bonds. The van der Waals surface area contributed by atoms with E-state index in [0.29, 0.717) is 6.54 Å². The molecule has 0 unspecified atom stereocenters. The summed E-state index contributed by atoms with van der Waals surface area (Å²) in [5, 5.41) is 0. The maximum atomic E-state index is 5.32. The minimum absolute atomic E-state index is 0. The molecule has 5 heteroatoms. The molecule has 1 heterocycles. The number of hydrogen-bond donors (Lipinski definition) is 2. The molecular weight excluding hydrogens is 185 g/mol. The number of nitrogens with one attached hydrogen (secondary N) is 1. The SMILES string of the molecule is Cc1ncc(CCN)[nH]1.Cl.Cl. The van der Waals surface area contributed by atoms with Crippen LogP contribution in [0, 0.1) is 6.92 Å². The lowest BCUT2D eigenvalue weighted by Gasteiger charge is -1.87. The van der Waals surface area contributed by atoms with Gasteiger partial charge in [0.1, 0.15) is 5.82 Å². The summed E-state index contributed by atoms with van der Waals surface area (Å²) in [5.41, 5.74) is 6.44. The van der Waals surface area contributed by atoms with E-state index in [-0.39, 0.29) is 24.8 Å². The number of rotatable bonds is 2. The number of halogens is 2. The summed E-state index contributed by atoms with van der Waals surface area (Å²) in [6.45, 7) is 2.61. The van der Waals surface area contributed by atoms with Crippen molar-refractivity contribution in [1.29, 1.82) is 0 Å². The fourth-order valence-electron chi connectivity index (χ4n) is 0.754. The Morgan fingerprint density at radius 2 is 2.18 bits per heavy atom. The Kier molecular flexibility index (Phi) is 7.84. The second-order valence-electron chi connectivity index (χ2n) is 2.03. The highest BCUT2D eigenvalue weighted by atomic mass is 35.5. The van der Waals surface area contributed by atoms with Gasteiger partial charge < -0.3 is 10.7 Å². The van der Waals surface area contributed by atoms with Crippen molar-refractivity contribution in [3.8, 4) is 0 Å². The first-order chi connectivity index (χ1) is 4.33. The molecule has 0 aliphatic rings. The lowest BCUT2D eigenvalue weighted by atomic mass is 10.3. The molecule has 1 rings (SSSR count). The largest absolute Gasteiger partial charge is 0.346 e. The van der Waals surface area contributed by atoms with Gasteiger partial charge in [0.25, 0.3) is 0 Å². The Morgan fingerprint density at radius 3 is 2.55 bits per heavy atom. The molecule has 0 atom stereocenters. The highest BCUT2D eigenvalue weighted by molar-refractivity contribution is 5.85. The summed E-state index contributed by atoms with van der Waals surface area (Å²) in [4.78, 5) is 7.11. The van der Waals surface area contributed by atoms with Gasteiger partial charge >= 0.3 is 0 Å². The van der Waals surface area contributed by atoms with Gasteiger partial charge in [0.2, 0.25) is 0 Å². The van der Waals surface area contributed by atoms with E-state index in [1.165, 1.54) is 0 Å². The average molecular weight is 198 g/mol. The third-order valence-corrected chi connectivity index (χ3v) is 1.17. The molecular formula is C6H13Cl2N3. The molecule has 1 aromatic rings. The number of nitrogens with two attached hydrogens (primary N) is 1. The maximum Gasteiger partial charge on any atom is 0.103 e. The fourth-order valence-corrected chi connectivity index (χ4v) is 0.754.